The second-order valence-electron chi connectivity index (χ2n) is 9.37. The van der Waals surface area contributed by atoms with Crippen LogP contribution in [0.2, 0.25) is 0 Å². The van der Waals surface area contributed by atoms with Gasteiger partial charge in [-0.25, -0.2) is 4.99 Å². The quantitative estimate of drug-likeness (QED) is 0.344. The fraction of sp³-hybridized carbons (Fsp3) is 0.0909. The summed E-state index contributed by atoms with van der Waals surface area (Å²) in [5.74, 6) is 0.418. The molecule has 4 aromatic carbocycles. The zero-order valence-electron chi connectivity index (χ0n) is 19.3. The topological polar surface area (TPSA) is 24.7 Å². The van der Waals surface area contributed by atoms with Gasteiger partial charge in [-0.15, -0.1) is 0 Å². The van der Waals surface area contributed by atoms with Crippen LogP contribution in [0, 0.1) is 0 Å². The molecule has 166 valence electrons. The summed E-state index contributed by atoms with van der Waals surface area (Å²) in [5.41, 5.74) is 9.78. The number of fused-ring (bicyclic) bond motifs is 3. The highest BCUT2D eigenvalue weighted by atomic mass is 14.8. The van der Waals surface area contributed by atoms with E-state index < -0.39 is 0 Å². The largest absolute Gasteiger partial charge is 0.260 e. The summed E-state index contributed by atoms with van der Waals surface area (Å²) in [6.45, 7) is 0. The SMILES string of the molecule is C1=CC(c2ccccc2)C2=c3cc4c(c(-c5ccccc5)c3=NC2=C1)C(Cc1ccccc1)C=N4. The smallest absolute Gasteiger partial charge is 0.0796 e. The van der Waals surface area contributed by atoms with Crippen LogP contribution in [0.1, 0.15) is 28.5 Å². The zero-order chi connectivity index (χ0) is 23.2. The van der Waals surface area contributed by atoms with Crippen LogP contribution >= 0.6 is 0 Å². The Bertz CT molecular complexity index is 1640. The molecule has 2 aliphatic heterocycles. The van der Waals surface area contributed by atoms with E-state index in [0.29, 0.717) is 0 Å². The lowest BCUT2D eigenvalue weighted by Gasteiger charge is -2.19. The van der Waals surface area contributed by atoms with Crippen molar-refractivity contribution in [1.29, 1.82) is 0 Å². The van der Waals surface area contributed by atoms with Gasteiger partial charge in [-0.2, -0.15) is 0 Å². The molecule has 2 heterocycles. The molecule has 0 amide bonds. The number of rotatable bonds is 4. The number of aliphatic imine (C=N–C) groups is 1. The third-order valence-corrected chi connectivity index (χ3v) is 7.27. The van der Waals surface area contributed by atoms with Crippen LogP contribution in [0.4, 0.5) is 5.69 Å². The molecular formula is C33H24N2. The van der Waals surface area contributed by atoms with E-state index >= 15 is 0 Å². The molecule has 3 aliphatic rings. The highest BCUT2D eigenvalue weighted by molar-refractivity contribution is 5.90. The average Bonchev–Trinajstić information content (AvgIpc) is 3.50. The number of hydrogen-bond donors (Lipinski definition) is 0. The van der Waals surface area contributed by atoms with Gasteiger partial charge in [-0.05, 0) is 46.4 Å². The van der Waals surface area contributed by atoms with E-state index in [1.54, 1.807) is 0 Å². The van der Waals surface area contributed by atoms with Gasteiger partial charge < -0.3 is 0 Å². The highest BCUT2D eigenvalue weighted by Gasteiger charge is 2.30. The van der Waals surface area contributed by atoms with E-state index in [0.717, 1.165) is 23.2 Å². The van der Waals surface area contributed by atoms with Crippen LogP contribution in [0.5, 0.6) is 0 Å². The highest BCUT2D eigenvalue weighted by Crippen LogP contribution is 2.42. The first-order valence-corrected chi connectivity index (χ1v) is 12.2. The van der Waals surface area contributed by atoms with Crippen molar-refractivity contribution in [2.24, 2.45) is 9.98 Å². The normalized spacial score (nSPS) is 19.1. The number of hydrogen-bond acceptors (Lipinski definition) is 2. The fourth-order valence-electron chi connectivity index (χ4n) is 5.71. The van der Waals surface area contributed by atoms with Crippen molar-refractivity contribution in [1.82, 2.24) is 0 Å². The van der Waals surface area contributed by atoms with Crippen molar-refractivity contribution < 1.29 is 0 Å². The minimum atomic E-state index is 0.188. The molecule has 0 N–H and O–H groups in total. The van der Waals surface area contributed by atoms with Gasteiger partial charge in [0, 0.05) is 28.8 Å². The average molecular weight is 449 g/mol. The summed E-state index contributed by atoms with van der Waals surface area (Å²) in [6, 6.07) is 34.5. The molecule has 0 saturated carbocycles. The van der Waals surface area contributed by atoms with E-state index in [1.807, 2.05) is 0 Å². The molecule has 0 fully saturated rings. The molecule has 2 atom stereocenters. The molecule has 0 saturated heterocycles. The summed E-state index contributed by atoms with van der Waals surface area (Å²) >= 11 is 0. The van der Waals surface area contributed by atoms with Crippen molar-refractivity contribution in [2.75, 3.05) is 0 Å². The summed E-state index contributed by atoms with van der Waals surface area (Å²) in [6.07, 6.45) is 9.66. The molecule has 0 spiro atoms. The van der Waals surface area contributed by atoms with E-state index in [1.165, 1.54) is 38.6 Å². The molecule has 0 radical (unpaired) electrons. The van der Waals surface area contributed by atoms with Gasteiger partial charge in [0.05, 0.1) is 16.7 Å². The molecule has 7 rings (SSSR count). The van der Waals surface area contributed by atoms with Gasteiger partial charge in [0.1, 0.15) is 0 Å². The van der Waals surface area contributed by atoms with Crippen LogP contribution in [0.3, 0.4) is 0 Å². The Morgan fingerprint density at radius 2 is 1.49 bits per heavy atom. The molecule has 0 aromatic heterocycles. The third kappa shape index (κ3) is 3.33. The number of nitrogens with zero attached hydrogens (tertiary/aromatic N) is 2. The van der Waals surface area contributed by atoms with Crippen LogP contribution in [0.15, 0.2) is 131 Å². The Hall–Kier alpha value is -4.30. The second-order valence-corrected chi connectivity index (χ2v) is 9.37. The molecule has 1 aliphatic carbocycles. The molecule has 2 nitrogen and oxygen atoms in total. The van der Waals surface area contributed by atoms with Gasteiger partial charge in [0.15, 0.2) is 0 Å². The van der Waals surface area contributed by atoms with Gasteiger partial charge in [-0.3, -0.25) is 4.99 Å². The maximum atomic E-state index is 5.26. The van der Waals surface area contributed by atoms with Crippen LogP contribution in [-0.4, -0.2) is 6.21 Å². The van der Waals surface area contributed by atoms with E-state index in [9.17, 15) is 0 Å². The van der Waals surface area contributed by atoms with Crippen molar-refractivity contribution in [2.45, 2.75) is 18.3 Å². The first-order valence-electron chi connectivity index (χ1n) is 12.2. The zero-order valence-corrected chi connectivity index (χ0v) is 19.3. The molecule has 0 bridgehead atoms. The minimum Gasteiger partial charge on any atom is -0.260 e. The van der Waals surface area contributed by atoms with Gasteiger partial charge >= 0.3 is 0 Å². The lowest BCUT2D eigenvalue weighted by Crippen LogP contribution is -2.28. The first-order chi connectivity index (χ1) is 17.4. The maximum Gasteiger partial charge on any atom is 0.0796 e. The Balaban J connectivity index is 1.49. The summed E-state index contributed by atoms with van der Waals surface area (Å²) in [7, 11) is 0. The monoisotopic (exact) mass is 448 g/mol. The maximum absolute atomic E-state index is 5.26. The van der Waals surface area contributed by atoms with Gasteiger partial charge in [0.2, 0.25) is 0 Å². The molecule has 2 heteroatoms. The molecule has 4 aromatic rings. The van der Waals surface area contributed by atoms with E-state index in [2.05, 4.69) is 122 Å². The summed E-state index contributed by atoms with van der Waals surface area (Å²) in [4.78, 5) is 10.2. The van der Waals surface area contributed by atoms with Crippen molar-refractivity contribution in [3.63, 3.8) is 0 Å². The summed E-state index contributed by atoms with van der Waals surface area (Å²) in [5, 5.41) is 2.30. The lowest BCUT2D eigenvalue weighted by atomic mass is 9.83. The minimum absolute atomic E-state index is 0.188. The van der Waals surface area contributed by atoms with E-state index in [-0.39, 0.29) is 11.8 Å². The van der Waals surface area contributed by atoms with E-state index in [4.69, 9.17) is 9.98 Å². The van der Waals surface area contributed by atoms with Crippen molar-refractivity contribution in [3.05, 3.63) is 148 Å². The van der Waals surface area contributed by atoms with Crippen molar-refractivity contribution >= 4 is 17.5 Å². The van der Waals surface area contributed by atoms with Crippen LogP contribution in [-0.2, 0) is 6.42 Å². The Kier molecular flexibility index (Phi) is 4.70. The first kappa shape index (κ1) is 20.1. The van der Waals surface area contributed by atoms with Crippen molar-refractivity contribution in [3.8, 4) is 11.1 Å². The molecule has 35 heavy (non-hydrogen) atoms. The Labute approximate surface area is 205 Å². The lowest BCUT2D eigenvalue weighted by molar-refractivity contribution is 0.910. The fourth-order valence-corrected chi connectivity index (χ4v) is 5.71. The summed E-state index contributed by atoms with van der Waals surface area (Å²) < 4.78 is 0. The van der Waals surface area contributed by atoms with Crippen LogP contribution < -0.4 is 10.6 Å². The number of benzene rings is 4. The van der Waals surface area contributed by atoms with Crippen LogP contribution in [0.25, 0.3) is 16.7 Å². The molecular weight excluding hydrogens is 424 g/mol. The third-order valence-electron chi connectivity index (χ3n) is 7.27. The molecule has 2 unspecified atom stereocenters. The predicted octanol–water partition coefficient (Wildman–Crippen LogP) is 6.42. The Morgan fingerprint density at radius 1 is 0.771 bits per heavy atom. The predicted molar refractivity (Wildman–Crippen MR) is 144 cm³/mol. The second kappa shape index (κ2) is 8.18. The number of allylic oxidation sites excluding steroid dienone is 4. The Morgan fingerprint density at radius 3 is 2.26 bits per heavy atom. The van der Waals surface area contributed by atoms with Gasteiger partial charge in [0.25, 0.3) is 0 Å². The van der Waals surface area contributed by atoms with Gasteiger partial charge in [-0.1, -0.05) is 103 Å². The standard InChI is InChI=1S/C33H24N2/c1-4-11-22(12-5-1)19-25-21-34-29-20-27-32-26(23-13-6-2-7-14-23)17-10-18-28(32)35-33(27)31(30(25)29)24-15-8-3-9-16-24/h1-18,20-21,25-26H,19H2.